The van der Waals surface area contributed by atoms with Crippen LogP contribution in [0.25, 0.3) is 0 Å². The second-order valence-corrected chi connectivity index (χ2v) is 7.68. The van der Waals surface area contributed by atoms with Crippen molar-refractivity contribution in [3.8, 4) is 0 Å². The van der Waals surface area contributed by atoms with Crippen LogP contribution in [0, 0.1) is 10.8 Å². The highest BCUT2D eigenvalue weighted by molar-refractivity contribution is 5.90. The van der Waals surface area contributed by atoms with Gasteiger partial charge >= 0.3 is 5.97 Å². The highest BCUT2D eigenvalue weighted by atomic mass is 16.5. The van der Waals surface area contributed by atoms with Gasteiger partial charge in [0.25, 0.3) is 0 Å². The quantitative estimate of drug-likeness (QED) is 0.627. The lowest BCUT2D eigenvalue weighted by atomic mass is 9.54. The first-order valence-corrected chi connectivity index (χ1v) is 9.63. The Morgan fingerprint density at radius 1 is 1.12 bits per heavy atom. The maximum atomic E-state index is 12.8. The summed E-state index contributed by atoms with van der Waals surface area (Å²) < 4.78 is 4.73. The minimum absolute atomic E-state index is 0.132. The van der Waals surface area contributed by atoms with Crippen molar-refractivity contribution in [2.24, 2.45) is 10.8 Å². The Kier molecular flexibility index (Phi) is 6.32. The second kappa shape index (κ2) is 8.11. The van der Waals surface area contributed by atoms with E-state index in [2.05, 4.69) is 12.2 Å². The number of carbonyl (C=O) groups is 2. The van der Waals surface area contributed by atoms with Gasteiger partial charge in [0.15, 0.2) is 0 Å². The molecule has 0 atom stereocenters. The van der Waals surface area contributed by atoms with Crippen LogP contribution in [0.15, 0.2) is 18.2 Å². The van der Waals surface area contributed by atoms with E-state index >= 15 is 0 Å². The third-order valence-electron chi connectivity index (χ3n) is 6.11. The molecule has 5 heteroatoms. The number of nitrogens with one attached hydrogen (secondary N) is 1. The Bertz CT molecular complexity index is 645. The van der Waals surface area contributed by atoms with Crippen molar-refractivity contribution in [2.45, 2.75) is 65.8 Å². The second-order valence-electron chi connectivity index (χ2n) is 7.68. The largest absolute Gasteiger partial charge is 0.465 e. The molecule has 4 rings (SSSR count). The van der Waals surface area contributed by atoms with E-state index in [0.29, 0.717) is 23.2 Å². The van der Waals surface area contributed by atoms with Crippen LogP contribution in [0.3, 0.4) is 0 Å². The van der Waals surface area contributed by atoms with Gasteiger partial charge in [-0.25, -0.2) is 4.79 Å². The van der Waals surface area contributed by atoms with E-state index in [-0.39, 0.29) is 11.3 Å². The first kappa shape index (κ1) is 20.3. The lowest BCUT2D eigenvalue weighted by Crippen LogP contribution is -2.49. The van der Waals surface area contributed by atoms with Gasteiger partial charge in [0, 0.05) is 17.6 Å². The number of esters is 1. The molecule has 3 saturated carbocycles. The topological polar surface area (TPSA) is 81.4 Å². The average Bonchev–Trinajstić information content (AvgIpc) is 2.69. The molecule has 1 aromatic rings. The fourth-order valence-corrected chi connectivity index (χ4v) is 4.08. The zero-order valence-electron chi connectivity index (χ0n) is 16.5. The molecule has 2 bridgehead atoms. The van der Waals surface area contributed by atoms with Gasteiger partial charge in [0.05, 0.1) is 12.7 Å². The number of carbonyl (C=O) groups excluding carboxylic acids is 2. The van der Waals surface area contributed by atoms with Crippen LogP contribution in [0.2, 0.25) is 0 Å². The number of nitrogens with two attached hydrogens (primary N) is 1. The Labute approximate surface area is 156 Å². The molecule has 26 heavy (non-hydrogen) atoms. The van der Waals surface area contributed by atoms with E-state index in [1.54, 1.807) is 18.2 Å². The Balaban J connectivity index is 0.00000117. The van der Waals surface area contributed by atoms with Crippen molar-refractivity contribution in [2.75, 3.05) is 12.8 Å². The molecule has 1 amide bonds. The minimum Gasteiger partial charge on any atom is -0.465 e. The van der Waals surface area contributed by atoms with Gasteiger partial charge in [-0.3, -0.25) is 4.79 Å². The average molecular weight is 360 g/mol. The van der Waals surface area contributed by atoms with Gasteiger partial charge in [-0.15, -0.1) is 0 Å². The van der Waals surface area contributed by atoms with Crippen molar-refractivity contribution in [3.63, 3.8) is 0 Å². The molecule has 3 N–H and O–H groups in total. The number of rotatable bonds is 4. The number of anilines is 1. The van der Waals surface area contributed by atoms with E-state index in [4.69, 9.17) is 10.5 Å². The summed E-state index contributed by atoms with van der Waals surface area (Å²) in [5.74, 6) is -0.271. The van der Waals surface area contributed by atoms with Crippen LogP contribution in [0.1, 0.15) is 75.2 Å². The third kappa shape index (κ3) is 4.02. The number of hydrogen-bond acceptors (Lipinski definition) is 4. The molecule has 3 fully saturated rings. The number of ether oxygens (including phenoxy) is 1. The van der Waals surface area contributed by atoms with Gasteiger partial charge in [0.1, 0.15) is 0 Å². The van der Waals surface area contributed by atoms with Crippen LogP contribution in [0.5, 0.6) is 0 Å². The van der Waals surface area contributed by atoms with Gasteiger partial charge in [0.2, 0.25) is 5.91 Å². The number of fused-ring (bicyclic) bond motifs is 3. The summed E-state index contributed by atoms with van der Waals surface area (Å²) in [6, 6.07) is 5.00. The molecule has 5 nitrogen and oxygen atoms in total. The molecule has 1 aromatic carbocycles. The summed E-state index contributed by atoms with van der Waals surface area (Å²) in [5.41, 5.74) is 7.99. The van der Waals surface area contributed by atoms with Gasteiger partial charge in [-0.2, -0.15) is 0 Å². The Hall–Kier alpha value is -2.04. The summed E-state index contributed by atoms with van der Waals surface area (Å²) in [5, 5.41) is 3.05. The molecule has 0 heterocycles. The van der Waals surface area contributed by atoms with Crippen LogP contribution in [0.4, 0.5) is 5.69 Å². The summed E-state index contributed by atoms with van der Waals surface area (Å²) in [6.45, 7) is 6.68. The SMILES string of the molecule is CC.COC(=O)c1ccc(N)c(CNC(=O)C23CCC(C)(CC2)CC3)c1. The summed E-state index contributed by atoms with van der Waals surface area (Å²) in [4.78, 5) is 24.4. The third-order valence-corrected chi connectivity index (χ3v) is 6.11. The fraction of sp³-hybridized carbons (Fsp3) is 0.619. The van der Waals surface area contributed by atoms with E-state index < -0.39 is 5.97 Å². The number of amides is 1. The summed E-state index contributed by atoms with van der Waals surface area (Å²) in [6.07, 6.45) is 6.36. The molecule has 0 aromatic heterocycles. The number of nitrogen functional groups attached to an aromatic ring is 1. The summed E-state index contributed by atoms with van der Waals surface area (Å²) >= 11 is 0. The molecule has 0 saturated heterocycles. The minimum atomic E-state index is -0.403. The van der Waals surface area contributed by atoms with E-state index in [9.17, 15) is 9.59 Å². The number of methoxy groups -OCH3 is 1. The first-order chi connectivity index (χ1) is 12.4. The van der Waals surface area contributed by atoms with Crippen molar-refractivity contribution in [3.05, 3.63) is 29.3 Å². The van der Waals surface area contributed by atoms with Crippen molar-refractivity contribution in [1.82, 2.24) is 5.32 Å². The molecule has 3 aliphatic rings. The molecular weight excluding hydrogens is 328 g/mol. The van der Waals surface area contributed by atoms with Crippen molar-refractivity contribution >= 4 is 17.6 Å². The van der Waals surface area contributed by atoms with Crippen molar-refractivity contribution in [1.29, 1.82) is 0 Å². The first-order valence-electron chi connectivity index (χ1n) is 9.63. The van der Waals surface area contributed by atoms with Crippen LogP contribution < -0.4 is 11.1 Å². The van der Waals surface area contributed by atoms with Crippen LogP contribution in [-0.2, 0) is 16.1 Å². The maximum Gasteiger partial charge on any atom is 0.337 e. The molecule has 3 aliphatic carbocycles. The maximum absolute atomic E-state index is 12.8. The number of benzene rings is 1. The molecule has 0 radical (unpaired) electrons. The van der Waals surface area contributed by atoms with Gasteiger partial charge < -0.3 is 15.8 Å². The highest BCUT2D eigenvalue weighted by Crippen LogP contribution is 2.56. The zero-order chi connectivity index (χ0) is 19.4. The monoisotopic (exact) mass is 360 g/mol. The normalized spacial score (nSPS) is 26.5. The van der Waals surface area contributed by atoms with Crippen molar-refractivity contribution < 1.29 is 14.3 Å². The molecule has 144 valence electrons. The van der Waals surface area contributed by atoms with Gasteiger partial charge in [-0.05, 0) is 67.7 Å². The van der Waals surface area contributed by atoms with Gasteiger partial charge in [-0.1, -0.05) is 20.8 Å². The Morgan fingerprint density at radius 2 is 1.69 bits per heavy atom. The predicted octanol–water partition coefficient (Wildman–Crippen LogP) is 4.06. The standard InChI is InChI=1S/C19H26N2O3.C2H6/c1-18-5-8-19(9-6-18,10-7-18)17(23)21-12-14-11-13(16(22)24-2)3-4-15(14)20;1-2/h3-4,11H,5-10,12,20H2,1-2H3,(H,21,23);1-2H3. The van der Waals surface area contributed by atoms with E-state index in [1.165, 1.54) is 7.11 Å². The van der Waals surface area contributed by atoms with E-state index in [0.717, 1.165) is 44.1 Å². The lowest BCUT2D eigenvalue weighted by molar-refractivity contribution is -0.140. The predicted molar refractivity (Wildman–Crippen MR) is 104 cm³/mol. The van der Waals surface area contributed by atoms with E-state index in [1.807, 2.05) is 13.8 Å². The fourth-order valence-electron chi connectivity index (χ4n) is 4.08. The van der Waals surface area contributed by atoms with Crippen LogP contribution >= 0.6 is 0 Å². The molecule has 0 unspecified atom stereocenters. The summed E-state index contributed by atoms with van der Waals surface area (Å²) in [7, 11) is 1.35. The number of hydrogen-bond donors (Lipinski definition) is 2. The smallest absolute Gasteiger partial charge is 0.337 e. The molecule has 0 spiro atoms. The molecule has 0 aliphatic heterocycles. The Morgan fingerprint density at radius 3 is 2.23 bits per heavy atom. The zero-order valence-corrected chi connectivity index (χ0v) is 16.5. The van der Waals surface area contributed by atoms with Crippen LogP contribution in [-0.4, -0.2) is 19.0 Å². The highest BCUT2D eigenvalue weighted by Gasteiger charge is 2.50. The lowest BCUT2D eigenvalue weighted by Gasteiger charge is -2.51. The molecular formula is C21H32N2O3.